The largest absolute Gasteiger partial charge is 0.481 e. The fourth-order valence-electron chi connectivity index (χ4n) is 8.96. The van der Waals surface area contributed by atoms with E-state index in [1.165, 1.54) is 39.2 Å². The lowest BCUT2D eigenvalue weighted by atomic mass is 9.95. The molecule has 0 unspecified atom stereocenters. The van der Waals surface area contributed by atoms with Crippen LogP contribution in [0.5, 0.6) is 0 Å². The van der Waals surface area contributed by atoms with Crippen molar-refractivity contribution in [3.05, 3.63) is 29.8 Å². The number of nitrogens with two attached hydrogens (primary N) is 1. The summed E-state index contributed by atoms with van der Waals surface area (Å²) in [6.07, 6.45) is 18.1. The number of carboxylic acid groups (broad SMARTS) is 3. The molecule has 502 valence electrons. The van der Waals surface area contributed by atoms with Crippen LogP contribution in [-0.2, 0) is 67.4 Å². The van der Waals surface area contributed by atoms with Crippen LogP contribution >= 0.6 is 0 Å². The Hall–Kier alpha value is -6.54. The fraction of sp³-hybridized carbons (Fsp3) is 0.726. The number of anilines is 1. The zero-order chi connectivity index (χ0) is 65.8. The van der Waals surface area contributed by atoms with Crippen LogP contribution in [-0.4, -0.2) is 153 Å². The molecule has 26 heteroatoms. The van der Waals surface area contributed by atoms with Crippen LogP contribution in [0.25, 0.3) is 0 Å². The quantitative estimate of drug-likeness (QED) is 0.0293. The third-order valence-corrected chi connectivity index (χ3v) is 15.3. The maximum atomic E-state index is 12.4. The number of Topliss-reactive ketones (excluding diaryl/α,β-unsaturated/α-hetero) is 2. The van der Waals surface area contributed by atoms with Crippen LogP contribution in [0.4, 0.5) is 5.69 Å². The molecule has 0 aliphatic carbocycles. The topological polar surface area (TPSA) is 399 Å². The summed E-state index contributed by atoms with van der Waals surface area (Å²) in [4.78, 5) is 130. The van der Waals surface area contributed by atoms with Gasteiger partial charge in [0.15, 0.2) is 0 Å². The number of primary amides is 1. The second-order valence-electron chi connectivity index (χ2n) is 22.0. The Morgan fingerprint density at radius 2 is 1.08 bits per heavy atom. The number of nitrogens with one attached hydrogen (secondary N) is 6. The molecule has 0 saturated carbocycles. The summed E-state index contributed by atoms with van der Waals surface area (Å²) < 4.78 is 36.7. The summed E-state index contributed by atoms with van der Waals surface area (Å²) in [5, 5.41) is 41.2. The number of carbonyl (C=O) groups is 11. The van der Waals surface area contributed by atoms with Gasteiger partial charge in [0.05, 0.1) is 11.7 Å². The molecule has 0 aliphatic rings. The number of hydrogen-bond acceptors (Lipinski definition) is 16. The van der Waals surface area contributed by atoms with Crippen molar-refractivity contribution < 1.29 is 86.0 Å². The van der Waals surface area contributed by atoms with E-state index in [1.54, 1.807) is 12.1 Å². The van der Waals surface area contributed by atoms with Crippen molar-refractivity contribution in [2.45, 2.75) is 231 Å². The van der Waals surface area contributed by atoms with Gasteiger partial charge in [-0.05, 0) is 101 Å². The molecule has 11 N–H and O–H groups in total. The molecule has 0 spiro atoms. The standard InChI is InChI=1S/C41H71N3O14S.C21H34N4O4/c1-58-29-17-20-33(45)25-26-35(41(54)55)43-37(48)27-24-32(40(52)53)31-34(46)19-16-28-42-36(47)22-18-30-59(56,57)44-38(49)21-14-12-10-8-6-4-2-3-5-7-9-11-13-15-23-39(50)51;1-3-12-23-17-10-8-16(9-11-17)21(28)24-13-6-5-7-18(20(22)27)25-19(26)15-29-14-4-2/h32,35H,2-31H2,1H3,(H,42,47)(H,43,48)(H,44,49)(H,50,51)(H,52,53)(H,54,55);8-11,18,23H,3-7,12-15H2,1-2H3,(H2,22,27)(H,24,28)(H,25,26)/t32-,35+;18-/m10/s1. The number of rotatable bonds is 56. The van der Waals surface area contributed by atoms with E-state index in [0.29, 0.717) is 57.4 Å². The Balaban J connectivity index is 0.00000217. The number of carbonyl (C=O) groups excluding carboxylic acids is 8. The molecule has 0 saturated heterocycles. The second kappa shape index (κ2) is 52.4. The number of benzene rings is 1. The number of ether oxygens (including phenoxy) is 2. The van der Waals surface area contributed by atoms with Gasteiger partial charge in [0.25, 0.3) is 5.91 Å². The van der Waals surface area contributed by atoms with E-state index in [9.17, 15) is 71.4 Å². The SMILES string of the molecule is CCCNc1ccc(C(=O)NCCCC[C@H](NC(=O)COCCC)C(N)=O)cc1.COCCCC(=O)CC[C@H](NC(=O)CC[C@H](CC(=O)CCCNC(=O)CCCS(=O)(=O)NC(=O)CCCCCCCCCCCCCCCCC(=O)O)C(=O)O)C(=O)O. The first-order valence-corrected chi connectivity index (χ1v) is 33.3. The Kier molecular flexibility index (Phi) is 48.5. The molecule has 1 aromatic carbocycles. The van der Waals surface area contributed by atoms with Crippen molar-refractivity contribution in [3.63, 3.8) is 0 Å². The minimum atomic E-state index is -3.90. The lowest BCUT2D eigenvalue weighted by molar-refractivity contribution is -0.145. The molecular weight excluding hydrogens is 1160 g/mol. The minimum Gasteiger partial charge on any atom is -0.481 e. The summed E-state index contributed by atoms with van der Waals surface area (Å²) in [5.41, 5.74) is 6.94. The average Bonchev–Trinajstić information content (AvgIpc) is 3.61. The summed E-state index contributed by atoms with van der Waals surface area (Å²) in [5.74, 6) is -8.29. The van der Waals surface area contributed by atoms with Gasteiger partial charge in [0.1, 0.15) is 30.3 Å². The number of hydrogen-bond donors (Lipinski definition) is 10. The third-order valence-electron chi connectivity index (χ3n) is 14.0. The van der Waals surface area contributed by atoms with Crippen LogP contribution in [0, 0.1) is 5.92 Å². The molecule has 6 amide bonds. The van der Waals surface area contributed by atoms with Gasteiger partial charge in [-0.15, -0.1) is 0 Å². The van der Waals surface area contributed by atoms with Gasteiger partial charge in [0.2, 0.25) is 39.6 Å². The van der Waals surface area contributed by atoms with Gasteiger partial charge in [-0.25, -0.2) is 13.2 Å². The van der Waals surface area contributed by atoms with Crippen molar-refractivity contribution in [3.8, 4) is 0 Å². The molecule has 0 heterocycles. The monoisotopic (exact) mass is 1270 g/mol. The lowest BCUT2D eigenvalue weighted by Gasteiger charge is -2.16. The molecule has 25 nitrogen and oxygen atoms in total. The van der Waals surface area contributed by atoms with Crippen molar-refractivity contribution in [1.82, 2.24) is 26.0 Å². The van der Waals surface area contributed by atoms with Crippen LogP contribution in [0.1, 0.15) is 230 Å². The Bertz CT molecular complexity index is 2320. The third kappa shape index (κ3) is 47.5. The number of ketones is 2. The van der Waals surface area contributed by atoms with Crippen molar-refractivity contribution >= 4 is 80.6 Å². The van der Waals surface area contributed by atoms with E-state index < -0.39 is 81.1 Å². The Morgan fingerprint density at radius 3 is 1.64 bits per heavy atom. The molecule has 3 atom stereocenters. The summed E-state index contributed by atoms with van der Waals surface area (Å²) in [6.45, 7) is 6.31. The van der Waals surface area contributed by atoms with Crippen LogP contribution in [0.15, 0.2) is 24.3 Å². The van der Waals surface area contributed by atoms with E-state index in [2.05, 4.69) is 38.2 Å². The molecule has 0 fully saturated rings. The highest BCUT2D eigenvalue weighted by molar-refractivity contribution is 7.90. The minimum absolute atomic E-state index is 0.0178. The van der Waals surface area contributed by atoms with Crippen molar-refractivity contribution in [2.75, 3.05) is 57.6 Å². The molecule has 0 aliphatic heterocycles. The lowest BCUT2D eigenvalue weighted by Crippen LogP contribution is -2.45. The Labute approximate surface area is 521 Å². The van der Waals surface area contributed by atoms with Crippen LogP contribution in [0.3, 0.4) is 0 Å². The number of sulfonamides is 1. The van der Waals surface area contributed by atoms with Gasteiger partial charge in [0, 0.05) is 103 Å². The van der Waals surface area contributed by atoms with Crippen LogP contribution < -0.4 is 37.0 Å². The number of aliphatic carboxylic acids is 3. The summed E-state index contributed by atoms with van der Waals surface area (Å²) in [6, 6.07) is 5.29. The number of unbranched alkanes of at least 4 members (excludes halogenated alkanes) is 14. The van der Waals surface area contributed by atoms with Gasteiger partial charge < -0.3 is 57.1 Å². The number of carboxylic acids is 3. The highest BCUT2D eigenvalue weighted by Gasteiger charge is 2.26. The van der Waals surface area contributed by atoms with Gasteiger partial charge in [-0.2, -0.15) is 0 Å². The smallest absolute Gasteiger partial charge is 0.326 e. The first-order valence-electron chi connectivity index (χ1n) is 31.6. The van der Waals surface area contributed by atoms with Gasteiger partial charge >= 0.3 is 17.9 Å². The maximum Gasteiger partial charge on any atom is 0.326 e. The summed E-state index contributed by atoms with van der Waals surface area (Å²) >= 11 is 0. The van der Waals surface area contributed by atoms with Crippen molar-refractivity contribution in [2.24, 2.45) is 11.7 Å². The van der Waals surface area contributed by atoms with E-state index in [1.807, 2.05) is 19.1 Å². The number of amides is 6. The Morgan fingerprint density at radius 1 is 0.511 bits per heavy atom. The van der Waals surface area contributed by atoms with E-state index in [4.69, 9.17) is 20.3 Å². The van der Waals surface area contributed by atoms with Gasteiger partial charge in [-0.3, -0.25) is 52.7 Å². The van der Waals surface area contributed by atoms with Crippen molar-refractivity contribution in [1.29, 1.82) is 0 Å². The van der Waals surface area contributed by atoms with Crippen LogP contribution in [0.2, 0.25) is 0 Å². The predicted octanol–water partition coefficient (Wildman–Crippen LogP) is 7.03. The first-order chi connectivity index (χ1) is 42.0. The molecule has 1 aromatic rings. The first kappa shape index (κ1) is 81.5. The molecule has 0 aromatic heterocycles. The number of methoxy groups -OCH3 is 1. The highest BCUT2D eigenvalue weighted by Crippen LogP contribution is 2.17. The molecule has 0 bridgehead atoms. The summed E-state index contributed by atoms with van der Waals surface area (Å²) in [7, 11) is -2.40. The van der Waals surface area contributed by atoms with E-state index in [-0.39, 0.29) is 108 Å². The van der Waals surface area contributed by atoms with E-state index in [0.717, 1.165) is 76.4 Å². The van der Waals surface area contributed by atoms with Gasteiger partial charge in [-0.1, -0.05) is 90.9 Å². The van der Waals surface area contributed by atoms with E-state index >= 15 is 0 Å². The molecule has 1 rings (SSSR count). The molecule has 0 radical (unpaired) electrons. The predicted molar refractivity (Wildman–Crippen MR) is 333 cm³/mol. The highest BCUT2D eigenvalue weighted by atomic mass is 32.2. The average molecular weight is 1270 g/mol. The second-order valence-corrected chi connectivity index (χ2v) is 23.9. The molecular formula is C62H105N7O18S. The zero-order valence-electron chi connectivity index (χ0n) is 52.6. The normalized spacial score (nSPS) is 12.0. The molecule has 88 heavy (non-hydrogen) atoms. The zero-order valence-corrected chi connectivity index (χ0v) is 53.4. The fourth-order valence-corrected chi connectivity index (χ4v) is 10.0. The maximum absolute atomic E-state index is 12.4.